The van der Waals surface area contributed by atoms with Crippen LogP contribution in [0.1, 0.15) is 0 Å². The van der Waals surface area contributed by atoms with E-state index in [1.165, 1.54) is 6.20 Å². The zero-order valence-corrected chi connectivity index (χ0v) is 10.1. The molecule has 0 bridgehead atoms. The number of hydrogen-bond acceptors (Lipinski definition) is 4. The second-order valence-corrected chi connectivity index (χ2v) is 3.81. The highest BCUT2D eigenvalue weighted by Crippen LogP contribution is 2.15. The summed E-state index contributed by atoms with van der Waals surface area (Å²) in [6.45, 7) is -1.28. The lowest BCUT2D eigenvalue weighted by Crippen LogP contribution is -2.20. The van der Waals surface area contributed by atoms with Gasteiger partial charge in [-0.05, 0) is 15.9 Å². The molecular formula is C8H9BrF3N3O2. The van der Waals surface area contributed by atoms with Crippen LogP contribution >= 0.6 is 15.9 Å². The highest BCUT2D eigenvalue weighted by Gasteiger charge is 2.27. The normalized spacial score (nSPS) is 11.5. The first-order chi connectivity index (χ1) is 7.90. The molecule has 1 rings (SSSR count). The molecule has 0 aliphatic heterocycles. The number of alkyl halides is 3. The Labute approximate surface area is 102 Å². The van der Waals surface area contributed by atoms with Gasteiger partial charge in [0.1, 0.15) is 11.1 Å². The second-order valence-electron chi connectivity index (χ2n) is 3.02. The highest BCUT2D eigenvalue weighted by molar-refractivity contribution is 9.10. The smallest absolute Gasteiger partial charge is 0.380 e. The molecule has 0 saturated heterocycles. The summed E-state index contributed by atoms with van der Waals surface area (Å²) in [5, 5.41) is 8.44. The second kappa shape index (κ2) is 6.01. The van der Waals surface area contributed by atoms with Crippen LogP contribution in [0.25, 0.3) is 0 Å². The Hall–Kier alpha value is -1.09. The van der Waals surface area contributed by atoms with Gasteiger partial charge in [-0.2, -0.15) is 18.3 Å². The fourth-order valence-electron chi connectivity index (χ4n) is 0.953. The molecule has 0 aromatic carbocycles. The average Bonchev–Trinajstić information content (AvgIpc) is 2.22. The predicted octanol–water partition coefficient (Wildman–Crippen LogP) is 1.52. The van der Waals surface area contributed by atoms with Crippen LogP contribution in [0.4, 0.5) is 18.9 Å². The molecule has 0 fully saturated rings. The van der Waals surface area contributed by atoms with Gasteiger partial charge in [0.2, 0.25) is 0 Å². The molecule has 1 heterocycles. The van der Waals surface area contributed by atoms with E-state index in [1.807, 2.05) is 0 Å². The van der Waals surface area contributed by atoms with Crippen molar-refractivity contribution >= 4 is 21.6 Å². The zero-order chi connectivity index (χ0) is 12.9. The molecule has 1 aromatic heterocycles. The summed E-state index contributed by atoms with van der Waals surface area (Å²) in [5.74, 6) is 0. The van der Waals surface area contributed by atoms with Crippen LogP contribution in [0.2, 0.25) is 0 Å². The Morgan fingerprint density at radius 1 is 1.53 bits per heavy atom. The quantitative estimate of drug-likeness (QED) is 0.809. The van der Waals surface area contributed by atoms with Crippen molar-refractivity contribution in [2.75, 3.05) is 25.1 Å². The SMILES string of the molecule is O=c1[nH]ncc(NCCOCC(F)(F)F)c1Br. The first-order valence-corrected chi connectivity index (χ1v) is 5.31. The molecule has 2 N–H and O–H groups in total. The molecule has 17 heavy (non-hydrogen) atoms. The fourth-order valence-corrected chi connectivity index (χ4v) is 1.28. The van der Waals surface area contributed by atoms with Gasteiger partial charge in [0, 0.05) is 6.54 Å². The fraction of sp³-hybridized carbons (Fsp3) is 0.500. The largest absolute Gasteiger partial charge is 0.411 e. The van der Waals surface area contributed by atoms with Crippen LogP contribution in [0.3, 0.4) is 0 Å². The van der Waals surface area contributed by atoms with Gasteiger partial charge in [0.25, 0.3) is 5.56 Å². The number of halogens is 4. The van der Waals surface area contributed by atoms with Gasteiger partial charge >= 0.3 is 6.18 Å². The van der Waals surface area contributed by atoms with Crippen LogP contribution in [-0.2, 0) is 4.74 Å². The third kappa shape index (κ3) is 5.18. The summed E-state index contributed by atoms with van der Waals surface area (Å²) in [5.41, 5.74) is -0.0319. The zero-order valence-electron chi connectivity index (χ0n) is 8.47. The number of H-pyrrole nitrogens is 1. The van der Waals surface area contributed by atoms with E-state index in [0.29, 0.717) is 5.69 Å². The number of ether oxygens (including phenoxy) is 1. The van der Waals surface area contributed by atoms with Gasteiger partial charge in [0.15, 0.2) is 0 Å². The Morgan fingerprint density at radius 3 is 2.88 bits per heavy atom. The van der Waals surface area contributed by atoms with Gasteiger partial charge in [0.05, 0.1) is 18.5 Å². The molecule has 0 aliphatic carbocycles. The Kier molecular flexibility index (Phi) is 4.94. The molecular weight excluding hydrogens is 307 g/mol. The van der Waals surface area contributed by atoms with Crippen molar-refractivity contribution in [3.63, 3.8) is 0 Å². The van der Waals surface area contributed by atoms with Gasteiger partial charge in [-0.25, -0.2) is 5.10 Å². The predicted molar refractivity (Wildman–Crippen MR) is 57.9 cm³/mol. The van der Waals surface area contributed by atoms with E-state index in [-0.39, 0.29) is 17.6 Å². The molecule has 5 nitrogen and oxygen atoms in total. The van der Waals surface area contributed by atoms with Crippen LogP contribution in [0.5, 0.6) is 0 Å². The molecule has 0 saturated carbocycles. The van der Waals surface area contributed by atoms with E-state index in [4.69, 9.17) is 0 Å². The van der Waals surface area contributed by atoms with E-state index in [9.17, 15) is 18.0 Å². The van der Waals surface area contributed by atoms with Crippen LogP contribution in [-0.4, -0.2) is 36.1 Å². The molecule has 0 radical (unpaired) electrons. The summed E-state index contributed by atoms with van der Waals surface area (Å²) >= 11 is 3.01. The summed E-state index contributed by atoms with van der Waals surface area (Å²) in [6.07, 6.45) is -2.98. The third-order valence-corrected chi connectivity index (χ3v) is 2.41. The maximum absolute atomic E-state index is 11.7. The third-order valence-electron chi connectivity index (χ3n) is 1.62. The molecule has 1 aromatic rings. The maximum Gasteiger partial charge on any atom is 0.411 e. The number of aromatic amines is 1. The summed E-state index contributed by atoms with van der Waals surface area (Å²) < 4.78 is 39.8. The first-order valence-electron chi connectivity index (χ1n) is 4.51. The van der Waals surface area contributed by atoms with Crippen molar-refractivity contribution < 1.29 is 17.9 Å². The lowest BCUT2D eigenvalue weighted by Gasteiger charge is -2.09. The number of aromatic nitrogens is 2. The topological polar surface area (TPSA) is 67.0 Å². The van der Waals surface area contributed by atoms with Gasteiger partial charge in [-0.15, -0.1) is 0 Å². The highest BCUT2D eigenvalue weighted by atomic mass is 79.9. The van der Waals surface area contributed by atoms with Crippen molar-refractivity contribution in [3.05, 3.63) is 21.0 Å². The molecule has 0 atom stereocenters. The number of nitrogens with zero attached hydrogens (tertiary/aromatic N) is 1. The van der Waals surface area contributed by atoms with Crippen LogP contribution in [0.15, 0.2) is 15.5 Å². The Morgan fingerprint density at radius 2 is 2.24 bits per heavy atom. The van der Waals surface area contributed by atoms with E-state index in [1.54, 1.807) is 0 Å². The lowest BCUT2D eigenvalue weighted by molar-refractivity contribution is -0.172. The maximum atomic E-state index is 11.7. The van der Waals surface area contributed by atoms with E-state index in [0.717, 1.165) is 0 Å². The lowest BCUT2D eigenvalue weighted by atomic mass is 10.4. The van der Waals surface area contributed by atoms with Gasteiger partial charge in [-0.3, -0.25) is 4.79 Å². The Bertz CT molecular complexity index is 421. The summed E-state index contributed by atoms with van der Waals surface area (Å²) in [7, 11) is 0. The number of hydrogen-bond donors (Lipinski definition) is 2. The van der Waals surface area contributed by atoms with Crippen LogP contribution in [0, 0.1) is 0 Å². The monoisotopic (exact) mass is 315 g/mol. The number of nitrogens with one attached hydrogen (secondary N) is 2. The van der Waals surface area contributed by atoms with E-state index < -0.39 is 18.3 Å². The molecule has 0 unspecified atom stereocenters. The number of rotatable bonds is 5. The van der Waals surface area contributed by atoms with Crippen LogP contribution < -0.4 is 10.9 Å². The molecule has 9 heteroatoms. The van der Waals surface area contributed by atoms with Crippen molar-refractivity contribution in [1.29, 1.82) is 0 Å². The Balaban J connectivity index is 2.32. The standard InChI is InChI=1S/C8H9BrF3N3O2/c9-6-5(3-14-15-7(6)16)13-1-2-17-4-8(10,11)12/h3H,1-2,4H2,(H2,13,15,16). The van der Waals surface area contributed by atoms with E-state index in [2.05, 4.69) is 36.2 Å². The summed E-state index contributed by atoms with van der Waals surface area (Å²) in [6, 6.07) is 0. The molecule has 0 aliphatic rings. The van der Waals surface area contributed by atoms with Crippen molar-refractivity contribution in [3.8, 4) is 0 Å². The summed E-state index contributed by atoms with van der Waals surface area (Å²) in [4.78, 5) is 11.1. The van der Waals surface area contributed by atoms with Crippen molar-refractivity contribution in [2.45, 2.75) is 6.18 Å². The van der Waals surface area contributed by atoms with Crippen molar-refractivity contribution in [1.82, 2.24) is 10.2 Å². The average molecular weight is 316 g/mol. The first kappa shape index (κ1) is 14.0. The van der Waals surface area contributed by atoms with Crippen molar-refractivity contribution in [2.24, 2.45) is 0 Å². The molecule has 0 spiro atoms. The minimum Gasteiger partial charge on any atom is -0.380 e. The van der Waals surface area contributed by atoms with Gasteiger partial charge < -0.3 is 10.1 Å². The minimum atomic E-state index is -4.33. The molecule has 96 valence electrons. The molecule has 0 amide bonds. The number of anilines is 1. The van der Waals surface area contributed by atoms with Gasteiger partial charge in [-0.1, -0.05) is 0 Å². The minimum absolute atomic E-state index is 0.126. The van der Waals surface area contributed by atoms with E-state index >= 15 is 0 Å².